The molecule has 0 radical (unpaired) electrons. The van der Waals surface area contributed by atoms with Gasteiger partial charge in [-0.1, -0.05) is 12.1 Å². The van der Waals surface area contributed by atoms with Crippen LogP contribution >= 0.6 is 0 Å². The fraction of sp³-hybridized carbons (Fsp3) is 0.500. The van der Waals surface area contributed by atoms with E-state index in [1.54, 1.807) is 7.05 Å². The fourth-order valence-electron chi connectivity index (χ4n) is 1.66. The van der Waals surface area contributed by atoms with Gasteiger partial charge in [0.1, 0.15) is 5.75 Å². The van der Waals surface area contributed by atoms with Crippen LogP contribution < -0.4 is 15.6 Å². The van der Waals surface area contributed by atoms with Crippen LogP contribution in [0, 0.1) is 0 Å². The minimum atomic E-state index is 0.0252. The summed E-state index contributed by atoms with van der Waals surface area (Å²) in [5.41, 5.74) is 6.40. The molecule has 2 N–H and O–H groups in total. The second-order valence-corrected chi connectivity index (χ2v) is 4.46. The van der Waals surface area contributed by atoms with Crippen molar-refractivity contribution in [2.45, 2.75) is 39.2 Å². The Bertz CT molecular complexity index is 361. The van der Waals surface area contributed by atoms with Crippen molar-refractivity contribution in [3.05, 3.63) is 29.8 Å². The van der Waals surface area contributed by atoms with Crippen molar-refractivity contribution >= 4 is 5.91 Å². The third kappa shape index (κ3) is 5.68. The Balaban J connectivity index is 2.33. The van der Waals surface area contributed by atoms with E-state index in [1.807, 2.05) is 38.1 Å². The topological polar surface area (TPSA) is 50.4 Å². The largest absolute Gasteiger partial charge is 0.491 e. The molecule has 0 saturated heterocycles. The molecule has 4 nitrogen and oxygen atoms in total. The first kappa shape index (κ1) is 14.5. The van der Waals surface area contributed by atoms with Crippen molar-refractivity contribution in [3.8, 4) is 5.75 Å². The van der Waals surface area contributed by atoms with Crippen molar-refractivity contribution in [3.63, 3.8) is 0 Å². The number of carbonyl (C=O) groups is 1. The average Bonchev–Trinajstić information content (AvgIpc) is 2.31. The number of nitrogens with one attached hydrogen (secondary N) is 2. The van der Waals surface area contributed by atoms with E-state index in [0.717, 1.165) is 18.6 Å². The molecule has 0 aliphatic rings. The lowest BCUT2D eigenvalue weighted by Crippen LogP contribution is -2.33. The zero-order chi connectivity index (χ0) is 13.4. The molecule has 100 valence electrons. The number of aryl methyl sites for hydroxylation is 1. The summed E-state index contributed by atoms with van der Waals surface area (Å²) in [7, 11) is 1.69. The third-order valence-electron chi connectivity index (χ3n) is 2.43. The van der Waals surface area contributed by atoms with Crippen molar-refractivity contribution in [2.75, 3.05) is 7.05 Å². The second-order valence-electron chi connectivity index (χ2n) is 4.46. The number of rotatable bonds is 7. The van der Waals surface area contributed by atoms with Gasteiger partial charge in [-0.3, -0.25) is 10.2 Å². The van der Waals surface area contributed by atoms with Crippen LogP contribution in [0.2, 0.25) is 0 Å². The van der Waals surface area contributed by atoms with Crippen molar-refractivity contribution in [1.29, 1.82) is 0 Å². The van der Waals surface area contributed by atoms with E-state index < -0.39 is 0 Å². The molecule has 0 spiro atoms. The van der Waals surface area contributed by atoms with Gasteiger partial charge in [0.15, 0.2) is 0 Å². The first-order valence-corrected chi connectivity index (χ1v) is 6.33. The quantitative estimate of drug-likeness (QED) is 0.728. The van der Waals surface area contributed by atoms with Gasteiger partial charge in [-0.15, -0.1) is 0 Å². The van der Waals surface area contributed by atoms with E-state index in [2.05, 4.69) is 10.9 Å². The van der Waals surface area contributed by atoms with Crippen LogP contribution in [-0.4, -0.2) is 19.1 Å². The molecule has 1 rings (SSSR count). The Morgan fingerprint density at radius 3 is 2.50 bits per heavy atom. The molecule has 0 bridgehead atoms. The van der Waals surface area contributed by atoms with E-state index in [1.165, 1.54) is 5.56 Å². The number of amides is 1. The lowest BCUT2D eigenvalue weighted by molar-refractivity contribution is -0.122. The summed E-state index contributed by atoms with van der Waals surface area (Å²) in [5, 5.41) is 0. The molecule has 0 saturated carbocycles. The number of carbonyl (C=O) groups excluding carboxylic acids is 1. The van der Waals surface area contributed by atoms with E-state index in [4.69, 9.17) is 4.74 Å². The molecule has 1 amide bonds. The van der Waals surface area contributed by atoms with Gasteiger partial charge >= 0.3 is 0 Å². The Labute approximate surface area is 109 Å². The molecule has 0 heterocycles. The lowest BCUT2D eigenvalue weighted by atomic mass is 10.1. The predicted octanol–water partition coefficient (Wildman–Crippen LogP) is 2.05. The van der Waals surface area contributed by atoms with E-state index in [9.17, 15) is 4.79 Å². The maximum absolute atomic E-state index is 11.2. The van der Waals surface area contributed by atoms with Crippen molar-refractivity contribution in [1.82, 2.24) is 10.9 Å². The zero-order valence-corrected chi connectivity index (χ0v) is 11.3. The van der Waals surface area contributed by atoms with Crippen molar-refractivity contribution in [2.24, 2.45) is 0 Å². The second kappa shape index (κ2) is 7.71. The van der Waals surface area contributed by atoms with Crippen molar-refractivity contribution < 1.29 is 9.53 Å². The molecule has 1 aromatic carbocycles. The number of ether oxygens (including phenoxy) is 1. The highest BCUT2D eigenvalue weighted by atomic mass is 16.5. The average molecular weight is 250 g/mol. The first-order valence-electron chi connectivity index (χ1n) is 6.33. The molecule has 0 atom stereocenters. The summed E-state index contributed by atoms with van der Waals surface area (Å²) in [4.78, 5) is 11.2. The zero-order valence-electron chi connectivity index (χ0n) is 11.3. The van der Waals surface area contributed by atoms with Gasteiger partial charge in [0.2, 0.25) is 5.91 Å². The Hall–Kier alpha value is -1.55. The SMILES string of the molecule is CNNC(=O)CCCc1ccc(OC(C)C)cc1. The standard InChI is InChI=1S/C14H22N2O2/c1-11(2)18-13-9-7-12(8-10-13)5-4-6-14(17)16-15-3/h7-11,15H,4-6H2,1-3H3,(H,16,17). The minimum Gasteiger partial charge on any atom is -0.491 e. The fourth-order valence-corrected chi connectivity index (χ4v) is 1.66. The van der Waals surface area contributed by atoms with Crippen LogP contribution in [0.4, 0.5) is 0 Å². The van der Waals surface area contributed by atoms with Gasteiger partial charge in [0.25, 0.3) is 0 Å². The van der Waals surface area contributed by atoms with Crippen LogP contribution in [0.5, 0.6) is 5.75 Å². The summed E-state index contributed by atoms with van der Waals surface area (Å²) in [5.74, 6) is 0.916. The first-order chi connectivity index (χ1) is 8.61. The normalized spacial score (nSPS) is 10.4. The molecular weight excluding hydrogens is 228 g/mol. The molecular formula is C14H22N2O2. The van der Waals surface area contributed by atoms with Gasteiger partial charge in [-0.2, -0.15) is 0 Å². The van der Waals surface area contributed by atoms with Crippen LogP contribution in [-0.2, 0) is 11.2 Å². The van der Waals surface area contributed by atoms with Gasteiger partial charge in [0, 0.05) is 13.5 Å². The summed E-state index contributed by atoms with van der Waals surface area (Å²) in [6, 6.07) is 8.05. The van der Waals surface area contributed by atoms with Gasteiger partial charge in [-0.05, 0) is 44.4 Å². The highest BCUT2D eigenvalue weighted by Gasteiger charge is 2.01. The van der Waals surface area contributed by atoms with Gasteiger partial charge in [-0.25, -0.2) is 5.43 Å². The number of hydrogen-bond acceptors (Lipinski definition) is 3. The van der Waals surface area contributed by atoms with Gasteiger partial charge < -0.3 is 4.74 Å². The van der Waals surface area contributed by atoms with Gasteiger partial charge in [0.05, 0.1) is 6.10 Å². The van der Waals surface area contributed by atoms with E-state index in [-0.39, 0.29) is 12.0 Å². The highest BCUT2D eigenvalue weighted by molar-refractivity contribution is 5.75. The Morgan fingerprint density at radius 2 is 1.94 bits per heavy atom. The van der Waals surface area contributed by atoms with E-state index >= 15 is 0 Å². The van der Waals surface area contributed by atoms with Crippen LogP contribution in [0.3, 0.4) is 0 Å². The molecule has 0 fully saturated rings. The molecule has 0 aromatic heterocycles. The Kier molecular flexibility index (Phi) is 6.22. The maximum Gasteiger partial charge on any atom is 0.234 e. The Morgan fingerprint density at radius 1 is 1.28 bits per heavy atom. The maximum atomic E-state index is 11.2. The third-order valence-corrected chi connectivity index (χ3v) is 2.43. The summed E-state index contributed by atoms with van der Waals surface area (Å²) in [6.45, 7) is 4.02. The van der Waals surface area contributed by atoms with Crippen LogP contribution in [0.15, 0.2) is 24.3 Å². The highest BCUT2D eigenvalue weighted by Crippen LogP contribution is 2.15. The minimum absolute atomic E-state index is 0.0252. The predicted molar refractivity (Wildman–Crippen MR) is 72.3 cm³/mol. The summed E-state index contributed by atoms with van der Waals surface area (Å²) < 4.78 is 5.57. The molecule has 18 heavy (non-hydrogen) atoms. The molecule has 0 aliphatic heterocycles. The smallest absolute Gasteiger partial charge is 0.234 e. The molecule has 0 unspecified atom stereocenters. The van der Waals surface area contributed by atoms with Crippen LogP contribution in [0.25, 0.3) is 0 Å². The molecule has 1 aromatic rings. The molecule has 4 heteroatoms. The number of hydrogen-bond donors (Lipinski definition) is 2. The molecule has 0 aliphatic carbocycles. The summed E-state index contributed by atoms with van der Waals surface area (Å²) >= 11 is 0. The lowest BCUT2D eigenvalue weighted by Gasteiger charge is -2.10. The monoisotopic (exact) mass is 250 g/mol. The number of hydrazine groups is 1. The van der Waals surface area contributed by atoms with E-state index in [0.29, 0.717) is 6.42 Å². The van der Waals surface area contributed by atoms with Crippen LogP contribution in [0.1, 0.15) is 32.3 Å². The summed E-state index contributed by atoms with van der Waals surface area (Å²) in [6.07, 6.45) is 2.48. The number of benzene rings is 1.